The zero-order valence-electron chi connectivity index (χ0n) is 12.0. The molecule has 0 aliphatic rings. The lowest BCUT2D eigenvalue weighted by atomic mass is 10.00. The largest absolute Gasteiger partial charge is 0.493 e. The maximum atomic E-state index is 11.3. The summed E-state index contributed by atoms with van der Waals surface area (Å²) in [6.07, 6.45) is 2.06. The second-order valence-corrected chi connectivity index (χ2v) is 4.69. The number of carbonyl (C=O) groups excluding carboxylic acids is 1. The summed E-state index contributed by atoms with van der Waals surface area (Å²) in [5, 5.41) is 2.24. The van der Waals surface area contributed by atoms with Crippen molar-refractivity contribution in [2.24, 2.45) is 0 Å². The second kappa shape index (κ2) is 6.94. The first-order valence-electron chi connectivity index (χ1n) is 6.96. The normalized spacial score (nSPS) is 10.5. The molecule has 0 fully saturated rings. The van der Waals surface area contributed by atoms with Crippen LogP contribution in [-0.2, 0) is 16.0 Å². The molecule has 0 aliphatic carbocycles. The van der Waals surface area contributed by atoms with Crippen molar-refractivity contribution in [3.8, 4) is 5.75 Å². The van der Waals surface area contributed by atoms with E-state index in [4.69, 9.17) is 9.47 Å². The van der Waals surface area contributed by atoms with Gasteiger partial charge in [0, 0.05) is 11.8 Å². The number of ether oxygens (including phenoxy) is 2. The van der Waals surface area contributed by atoms with Crippen LogP contribution in [0, 0.1) is 0 Å². The van der Waals surface area contributed by atoms with Gasteiger partial charge in [-0.25, -0.2) is 0 Å². The van der Waals surface area contributed by atoms with E-state index in [1.165, 1.54) is 7.11 Å². The van der Waals surface area contributed by atoms with Gasteiger partial charge >= 0.3 is 5.97 Å². The summed E-state index contributed by atoms with van der Waals surface area (Å²) in [6, 6.07) is 12.2. The maximum Gasteiger partial charge on any atom is 0.305 e. The minimum Gasteiger partial charge on any atom is -0.493 e. The molecule has 0 amide bonds. The van der Waals surface area contributed by atoms with Crippen molar-refractivity contribution in [1.29, 1.82) is 0 Å². The quantitative estimate of drug-likeness (QED) is 0.752. The Balaban J connectivity index is 2.30. The molecule has 0 saturated carbocycles. The predicted molar refractivity (Wildman–Crippen MR) is 80.1 cm³/mol. The van der Waals surface area contributed by atoms with Crippen LogP contribution in [0.15, 0.2) is 36.4 Å². The maximum absolute atomic E-state index is 11.3. The van der Waals surface area contributed by atoms with Gasteiger partial charge in [0.25, 0.3) is 0 Å². The molecular weight excluding hydrogens is 252 g/mol. The van der Waals surface area contributed by atoms with E-state index in [9.17, 15) is 4.79 Å². The van der Waals surface area contributed by atoms with E-state index in [2.05, 4.69) is 19.1 Å². The fourth-order valence-corrected chi connectivity index (χ4v) is 2.23. The van der Waals surface area contributed by atoms with Gasteiger partial charge < -0.3 is 9.47 Å². The minimum atomic E-state index is -0.180. The predicted octanol–water partition coefficient (Wildman–Crippen LogP) is 3.73. The molecule has 106 valence electrons. The number of rotatable bonds is 6. The fourth-order valence-electron chi connectivity index (χ4n) is 2.23. The Bertz CT molecular complexity index is 590. The number of aryl methyl sites for hydroxylation is 1. The topological polar surface area (TPSA) is 35.5 Å². The lowest BCUT2D eigenvalue weighted by molar-refractivity contribution is -0.140. The van der Waals surface area contributed by atoms with Gasteiger partial charge in [0.15, 0.2) is 0 Å². The molecule has 0 aliphatic heterocycles. The average molecular weight is 272 g/mol. The molecule has 2 aromatic rings. The Morgan fingerprint density at radius 1 is 1.10 bits per heavy atom. The van der Waals surface area contributed by atoms with E-state index < -0.39 is 0 Å². The molecule has 0 bridgehead atoms. The molecule has 0 radical (unpaired) electrons. The molecule has 2 aromatic carbocycles. The molecule has 0 heterocycles. The zero-order valence-corrected chi connectivity index (χ0v) is 12.0. The molecule has 2 rings (SSSR count). The third-order valence-electron chi connectivity index (χ3n) is 3.26. The zero-order chi connectivity index (χ0) is 14.4. The molecular formula is C17H20O3. The molecule has 0 spiro atoms. The van der Waals surface area contributed by atoms with Crippen LogP contribution in [-0.4, -0.2) is 19.7 Å². The van der Waals surface area contributed by atoms with Crippen LogP contribution in [0.3, 0.4) is 0 Å². The molecule has 3 heteroatoms. The lowest BCUT2D eigenvalue weighted by Crippen LogP contribution is -2.02. The van der Waals surface area contributed by atoms with Crippen molar-refractivity contribution in [3.05, 3.63) is 42.0 Å². The van der Waals surface area contributed by atoms with Gasteiger partial charge in [0.05, 0.1) is 13.7 Å². The Labute approximate surface area is 119 Å². The Hall–Kier alpha value is -2.03. The Kier molecular flexibility index (Phi) is 4.99. The van der Waals surface area contributed by atoms with Crippen LogP contribution in [0.1, 0.15) is 25.3 Å². The highest BCUT2D eigenvalue weighted by molar-refractivity contribution is 5.91. The first kappa shape index (κ1) is 14.4. The highest BCUT2D eigenvalue weighted by Crippen LogP contribution is 2.29. The lowest BCUT2D eigenvalue weighted by Gasteiger charge is -2.12. The van der Waals surface area contributed by atoms with Gasteiger partial charge in [-0.15, -0.1) is 0 Å². The van der Waals surface area contributed by atoms with E-state index in [1.54, 1.807) is 0 Å². The van der Waals surface area contributed by atoms with Crippen LogP contribution in [0.2, 0.25) is 0 Å². The van der Waals surface area contributed by atoms with Gasteiger partial charge in [-0.1, -0.05) is 37.3 Å². The Morgan fingerprint density at radius 2 is 1.85 bits per heavy atom. The molecule has 0 N–H and O–H groups in total. The highest BCUT2D eigenvalue weighted by Gasteiger charge is 2.08. The number of fused-ring (bicyclic) bond motifs is 1. The summed E-state index contributed by atoms with van der Waals surface area (Å²) in [5.41, 5.74) is 1.15. The first-order valence-corrected chi connectivity index (χ1v) is 6.96. The van der Waals surface area contributed by atoms with Crippen LogP contribution >= 0.6 is 0 Å². The summed E-state index contributed by atoms with van der Waals surface area (Å²) in [4.78, 5) is 11.3. The monoisotopic (exact) mass is 272 g/mol. The van der Waals surface area contributed by atoms with Gasteiger partial charge in [0.2, 0.25) is 0 Å². The molecule has 20 heavy (non-hydrogen) atoms. The third kappa shape index (κ3) is 3.29. The second-order valence-electron chi connectivity index (χ2n) is 4.69. The van der Waals surface area contributed by atoms with Crippen molar-refractivity contribution >= 4 is 16.7 Å². The average Bonchev–Trinajstić information content (AvgIpc) is 2.50. The van der Waals surface area contributed by atoms with Crippen LogP contribution in [0.25, 0.3) is 10.8 Å². The van der Waals surface area contributed by atoms with E-state index in [0.717, 1.165) is 28.5 Å². The van der Waals surface area contributed by atoms with Gasteiger partial charge in [-0.05, 0) is 29.9 Å². The molecule has 3 nitrogen and oxygen atoms in total. The number of methoxy groups -OCH3 is 1. The summed E-state index contributed by atoms with van der Waals surface area (Å²) in [7, 11) is 1.42. The smallest absolute Gasteiger partial charge is 0.305 e. The van der Waals surface area contributed by atoms with E-state index in [1.807, 2.05) is 24.3 Å². The van der Waals surface area contributed by atoms with Crippen molar-refractivity contribution in [2.45, 2.75) is 26.2 Å². The molecule has 0 atom stereocenters. The standard InChI is InChI=1S/C17H20O3/c1-3-12-20-16-10-8-13(9-11-17(18)19-2)14-6-4-5-7-15(14)16/h4-8,10H,3,9,11-12H2,1-2H3. The van der Waals surface area contributed by atoms with E-state index >= 15 is 0 Å². The van der Waals surface area contributed by atoms with E-state index in [-0.39, 0.29) is 5.97 Å². The van der Waals surface area contributed by atoms with Gasteiger partial charge in [0.1, 0.15) is 5.75 Å². The highest BCUT2D eigenvalue weighted by atomic mass is 16.5. The van der Waals surface area contributed by atoms with Crippen LogP contribution in [0.5, 0.6) is 5.75 Å². The molecule has 0 unspecified atom stereocenters. The Morgan fingerprint density at radius 3 is 2.55 bits per heavy atom. The van der Waals surface area contributed by atoms with Crippen LogP contribution in [0.4, 0.5) is 0 Å². The van der Waals surface area contributed by atoms with Gasteiger partial charge in [-0.2, -0.15) is 0 Å². The number of carbonyl (C=O) groups is 1. The summed E-state index contributed by atoms with van der Waals surface area (Å²) >= 11 is 0. The summed E-state index contributed by atoms with van der Waals surface area (Å²) in [5.74, 6) is 0.727. The first-order chi connectivity index (χ1) is 9.76. The van der Waals surface area contributed by atoms with Crippen molar-refractivity contribution in [3.63, 3.8) is 0 Å². The van der Waals surface area contributed by atoms with Crippen LogP contribution < -0.4 is 4.74 Å². The van der Waals surface area contributed by atoms with E-state index in [0.29, 0.717) is 19.4 Å². The summed E-state index contributed by atoms with van der Waals surface area (Å²) < 4.78 is 10.5. The number of benzene rings is 2. The van der Waals surface area contributed by atoms with Crippen molar-refractivity contribution < 1.29 is 14.3 Å². The summed E-state index contributed by atoms with van der Waals surface area (Å²) in [6.45, 7) is 2.80. The molecule has 0 aromatic heterocycles. The number of hydrogen-bond acceptors (Lipinski definition) is 3. The van der Waals surface area contributed by atoms with Gasteiger partial charge in [-0.3, -0.25) is 4.79 Å². The SMILES string of the molecule is CCCOc1ccc(CCC(=O)OC)c2ccccc12. The fraction of sp³-hybridized carbons (Fsp3) is 0.353. The molecule has 0 saturated heterocycles. The van der Waals surface area contributed by atoms with Crippen molar-refractivity contribution in [2.75, 3.05) is 13.7 Å². The third-order valence-corrected chi connectivity index (χ3v) is 3.26. The number of esters is 1. The number of hydrogen-bond donors (Lipinski definition) is 0. The minimum absolute atomic E-state index is 0.180. The van der Waals surface area contributed by atoms with Crippen molar-refractivity contribution in [1.82, 2.24) is 0 Å².